The Balaban J connectivity index is 1.92. The summed E-state index contributed by atoms with van der Waals surface area (Å²) in [6, 6.07) is 17.3. The van der Waals surface area contributed by atoms with E-state index in [1.165, 1.54) is 18.2 Å². The lowest BCUT2D eigenvalue weighted by Crippen LogP contribution is -2.14. The van der Waals surface area contributed by atoms with Gasteiger partial charge < -0.3 is 11.1 Å². The minimum Gasteiger partial charge on any atom is -0.383 e. The van der Waals surface area contributed by atoms with E-state index in [1.54, 1.807) is 6.07 Å². The van der Waals surface area contributed by atoms with Gasteiger partial charge in [-0.25, -0.2) is 9.37 Å². The number of carbonyl (C=O) groups excluding carboxylic acids is 1. The fourth-order valence-corrected chi connectivity index (χ4v) is 3.92. The average molecular weight is 446 g/mol. The van der Waals surface area contributed by atoms with E-state index in [2.05, 4.69) is 30.2 Å². The lowest BCUT2D eigenvalue weighted by Gasteiger charge is -2.14. The lowest BCUT2D eigenvalue weighted by atomic mass is 9.94. The molecule has 160 valence electrons. The first-order valence-corrected chi connectivity index (χ1v) is 10.7. The van der Waals surface area contributed by atoms with Crippen molar-refractivity contribution in [2.45, 2.75) is 24.8 Å². The van der Waals surface area contributed by atoms with Gasteiger partial charge in [0.25, 0.3) is 0 Å². The van der Waals surface area contributed by atoms with Crippen LogP contribution in [0, 0.1) is 28.5 Å². The Morgan fingerprint density at radius 3 is 2.44 bits per heavy atom. The molecule has 3 aromatic rings. The second kappa shape index (κ2) is 9.95. The van der Waals surface area contributed by atoms with Gasteiger partial charge in [-0.1, -0.05) is 55.9 Å². The van der Waals surface area contributed by atoms with E-state index in [1.807, 2.05) is 30.3 Å². The first kappa shape index (κ1) is 22.8. The summed E-state index contributed by atoms with van der Waals surface area (Å²) < 4.78 is 13.3. The van der Waals surface area contributed by atoms with Gasteiger partial charge >= 0.3 is 0 Å². The highest BCUT2D eigenvalue weighted by molar-refractivity contribution is 8.00. The number of amides is 1. The SMILES string of the molecule is CC(C)c1ccc(-c2c(C#N)c(N)nc(SCC(=O)Nc3cccc(F)c3)c2C#N)cc1. The molecule has 6 nitrogen and oxygen atoms in total. The molecule has 3 rings (SSSR count). The van der Waals surface area contributed by atoms with Crippen molar-refractivity contribution in [1.29, 1.82) is 10.5 Å². The summed E-state index contributed by atoms with van der Waals surface area (Å²) in [7, 11) is 0. The molecule has 0 radical (unpaired) electrons. The Labute approximate surface area is 189 Å². The molecule has 0 saturated carbocycles. The largest absolute Gasteiger partial charge is 0.383 e. The van der Waals surface area contributed by atoms with E-state index in [9.17, 15) is 19.7 Å². The van der Waals surface area contributed by atoms with Crippen LogP contribution in [0.5, 0.6) is 0 Å². The zero-order chi connectivity index (χ0) is 23.3. The van der Waals surface area contributed by atoms with Gasteiger partial charge in [0.05, 0.1) is 11.3 Å². The van der Waals surface area contributed by atoms with E-state index in [4.69, 9.17) is 5.73 Å². The van der Waals surface area contributed by atoms with Crippen LogP contribution < -0.4 is 11.1 Å². The van der Waals surface area contributed by atoms with Crippen LogP contribution in [-0.4, -0.2) is 16.6 Å². The zero-order valence-electron chi connectivity index (χ0n) is 17.5. The normalized spacial score (nSPS) is 10.4. The smallest absolute Gasteiger partial charge is 0.234 e. The summed E-state index contributed by atoms with van der Waals surface area (Å²) in [6.45, 7) is 4.15. The molecule has 0 spiro atoms. The van der Waals surface area contributed by atoms with Crippen molar-refractivity contribution in [2.75, 3.05) is 16.8 Å². The number of pyridine rings is 1. The number of nitrogens with one attached hydrogen (secondary N) is 1. The van der Waals surface area contributed by atoms with Crippen molar-refractivity contribution >= 4 is 29.2 Å². The number of hydrogen-bond donors (Lipinski definition) is 2. The topological polar surface area (TPSA) is 116 Å². The van der Waals surface area contributed by atoms with Crippen LogP contribution in [0.1, 0.15) is 36.5 Å². The van der Waals surface area contributed by atoms with Gasteiger partial charge in [0.2, 0.25) is 5.91 Å². The predicted octanol–water partition coefficient (Wildman–Crippen LogP) is 5.07. The second-order valence-corrected chi connectivity index (χ2v) is 8.24. The summed E-state index contributed by atoms with van der Waals surface area (Å²) in [5.74, 6) is -0.605. The highest BCUT2D eigenvalue weighted by Crippen LogP contribution is 2.36. The molecule has 0 unspecified atom stereocenters. The maximum absolute atomic E-state index is 13.3. The van der Waals surface area contributed by atoms with Crippen LogP contribution in [-0.2, 0) is 4.79 Å². The van der Waals surface area contributed by atoms with Gasteiger partial charge in [0, 0.05) is 11.3 Å². The molecule has 0 aliphatic carbocycles. The third-order valence-corrected chi connectivity index (χ3v) is 5.71. The highest BCUT2D eigenvalue weighted by Gasteiger charge is 2.21. The summed E-state index contributed by atoms with van der Waals surface area (Å²) >= 11 is 1.02. The van der Waals surface area contributed by atoms with Crippen molar-refractivity contribution < 1.29 is 9.18 Å². The Morgan fingerprint density at radius 2 is 1.84 bits per heavy atom. The van der Waals surface area contributed by atoms with Crippen LogP contribution >= 0.6 is 11.8 Å². The molecular formula is C24H20FN5OS. The number of aromatic nitrogens is 1. The van der Waals surface area contributed by atoms with E-state index >= 15 is 0 Å². The van der Waals surface area contributed by atoms with Crippen LogP contribution in [0.4, 0.5) is 15.9 Å². The van der Waals surface area contributed by atoms with Crippen LogP contribution in [0.3, 0.4) is 0 Å². The van der Waals surface area contributed by atoms with Crippen molar-refractivity contribution in [1.82, 2.24) is 4.98 Å². The van der Waals surface area contributed by atoms with Gasteiger partial charge in [-0.15, -0.1) is 0 Å². The molecule has 3 N–H and O–H groups in total. The third kappa shape index (κ3) is 5.05. The lowest BCUT2D eigenvalue weighted by molar-refractivity contribution is -0.113. The average Bonchev–Trinajstić information content (AvgIpc) is 2.77. The molecule has 1 amide bonds. The number of nitrogens with two attached hydrogens (primary N) is 1. The number of benzene rings is 2. The van der Waals surface area contributed by atoms with Crippen LogP contribution in [0.15, 0.2) is 53.6 Å². The molecular weight excluding hydrogens is 425 g/mol. The summed E-state index contributed by atoms with van der Waals surface area (Å²) in [5.41, 5.74) is 8.83. The second-order valence-electron chi connectivity index (χ2n) is 7.27. The number of carbonyl (C=O) groups is 1. The fraction of sp³-hybridized carbons (Fsp3) is 0.167. The Hall–Kier alpha value is -3.88. The first-order chi connectivity index (χ1) is 15.3. The van der Waals surface area contributed by atoms with Crippen molar-refractivity contribution in [3.8, 4) is 23.3 Å². The van der Waals surface area contributed by atoms with Gasteiger partial charge in [0.1, 0.15) is 34.4 Å². The number of nitrogens with zero attached hydrogens (tertiary/aromatic N) is 3. The quantitative estimate of drug-likeness (QED) is 0.512. The number of nitrogen functional groups attached to an aromatic ring is 1. The maximum atomic E-state index is 13.3. The molecule has 0 fully saturated rings. The molecule has 1 aromatic heterocycles. The number of anilines is 2. The molecule has 2 aromatic carbocycles. The summed E-state index contributed by atoms with van der Waals surface area (Å²) in [6.07, 6.45) is 0. The van der Waals surface area contributed by atoms with Crippen molar-refractivity contribution in [2.24, 2.45) is 0 Å². The first-order valence-electron chi connectivity index (χ1n) is 9.76. The minimum atomic E-state index is -0.461. The zero-order valence-corrected chi connectivity index (χ0v) is 18.3. The number of thioether (sulfide) groups is 1. The molecule has 0 bridgehead atoms. The van der Waals surface area contributed by atoms with Gasteiger partial charge in [-0.2, -0.15) is 10.5 Å². The fourth-order valence-electron chi connectivity index (χ4n) is 3.12. The Bertz CT molecular complexity index is 1240. The van der Waals surface area contributed by atoms with E-state index < -0.39 is 11.7 Å². The number of hydrogen-bond acceptors (Lipinski definition) is 6. The Kier molecular flexibility index (Phi) is 7.09. The van der Waals surface area contributed by atoms with E-state index in [0.717, 1.165) is 17.3 Å². The molecule has 8 heteroatoms. The van der Waals surface area contributed by atoms with Crippen LogP contribution in [0.2, 0.25) is 0 Å². The molecule has 0 aliphatic heterocycles. The van der Waals surface area contributed by atoms with E-state index in [0.29, 0.717) is 22.7 Å². The van der Waals surface area contributed by atoms with Crippen molar-refractivity contribution in [3.05, 3.63) is 71.0 Å². The maximum Gasteiger partial charge on any atom is 0.234 e. The molecule has 0 saturated heterocycles. The van der Waals surface area contributed by atoms with Gasteiger partial charge in [-0.3, -0.25) is 4.79 Å². The molecule has 1 heterocycles. The monoisotopic (exact) mass is 445 g/mol. The van der Waals surface area contributed by atoms with Gasteiger partial charge in [0.15, 0.2) is 0 Å². The van der Waals surface area contributed by atoms with Crippen molar-refractivity contribution in [3.63, 3.8) is 0 Å². The number of rotatable bonds is 6. The summed E-state index contributed by atoms with van der Waals surface area (Å²) in [5, 5.41) is 22.3. The van der Waals surface area contributed by atoms with E-state index in [-0.39, 0.29) is 27.7 Å². The molecule has 0 atom stereocenters. The predicted molar refractivity (Wildman–Crippen MR) is 123 cm³/mol. The standard InChI is InChI=1S/C24H20FN5OS/c1-14(2)15-6-8-16(9-7-15)22-19(11-26)23(28)30-24(20(22)12-27)32-13-21(31)29-18-5-3-4-17(25)10-18/h3-10,14H,13H2,1-2H3,(H2,28,30)(H,29,31). The minimum absolute atomic E-state index is 0.0116. The third-order valence-electron chi connectivity index (χ3n) is 4.73. The number of nitriles is 2. The Morgan fingerprint density at radius 1 is 1.16 bits per heavy atom. The summed E-state index contributed by atoms with van der Waals surface area (Å²) in [4.78, 5) is 16.5. The van der Waals surface area contributed by atoms with Gasteiger partial charge in [-0.05, 0) is 35.2 Å². The highest BCUT2D eigenvalue weighted by atomic mass is 32.2. The van der Waals surface area contributed by atoms with Crippen LogP contribution in [0.25, 0.3) is 11.1 Å². The molecule has 0 aliphatic rings. The number of halogens is 1. The molecule has 32 heavy (non-hydrogen) atoms.